The lowest BCUT2D eigenvalue weighted by Crippen LogP contribution is -2.40. The largest absolute Gasteiger partial charge is 0.433 e. The molecule has 0 saturated heterocycles. The summed E-state index contributed by atoms with van der Waals surface area (Å²) < 4.78 is 5.78. The third kappa shape index (κ3) is 1.95. The number of benzene rings is 2. The van der Waals surface area contributed by atoms with Gasteiger partial charge in [0.25, 0.3) is 0 Å². The lowest BCUT2D eigenvalue weighted by molar-refractivity contribution is 0.0367. The van der Waals surface area contributed by atoms with Crippen molar-refractivity contribution < 1.29 is 9.53 Å². The molecule has 0 aliphatic carbocycles. The molecule has 1 amide bonds. The van der Waals surface area contributed by atoms with Crippen LogP contribution in [0, 0.1) is 0 Å². The van der Waals surface area contributed by atoms with Crippen molar-refractivity contribution in [1.29, 1.82) is 0 Å². The van der Waals surface area contributed by atoms with Crippen LogP contribution in [0.1, 0.15) is 30.9 Å². The van der Waals surface area contributed by atoms with Crippen LogP contribution in [0.25, 0.3) is 0 Å². The van der Waals surface area contributed by atoms with Gasteiger partial charge in [-0.25, -0.2) is 4.79 Å². The van der Waals surface area contributed by atoms with Crippen LogP contribution in [-0.4, -0.2) is 6.09 Å². The molecule has 0 saturated carbocycles. The summed E-state index contributed by atoms with van der Waals surface area (Å²) in [5.41, 5.74) is 2.19. The summed E-state index contributed by atoms with van der Waals surface area (Å²) in [5.74, 6) is 0. The topological polar surface area (TPSA) is 38.3 Å². The number of carbonyl (C=O) groups excluding carboxylic acids is 1. The molecule has 3 nitrogen and oxygen atoms in total. The van der Waals surface area contributed by atoms with Gasteiger partial charge in [-0.2, -0.15) is 0 Å². The van der Waals surface area contributed by atoms with Crippen LogP contribution in [0.2, 0.25) is 0 Å². The van der Waals surface area contributed by atoms with Crippen LogP contribution in [0.5, 0.6) is 0 Å². The highest BCUT2D eigenvalue weighted by molar-refractivity contribution is 5.89. The fourth-order valence-corrected chi connectivity index (χ4v) is 2.90. The molecule has 20 heavy (non-hydrogen) atoms. The Morgan fingerprint density at radius 1 is 1.05 bits per heavy atom. The summed E-state index contributed by atoms with van der Waals surface area (Å²) in [6, 6.07) is 17.8. The maximum absolute atomic E-state index is 12.0. The average Bonchev–Trinajstić information content (AvgIpc) is 2.48. The van der Waals surface area contributed by atoms with Gasteiger partial charge >= 0.3 is 6.09 Å². The number of para-hydroxylation sites is 1. The van der Waals surface area contributed by atoms with Crippen LogP contribution in [0.3, 0.4) is 0 Å². The van der Waals surface area contributed by atoms with Crippen LogP contribution in [-0.2, 0) is 10.3 Å². The third-order valence-electron chi connectivity index (χ3n) is 3.71. The van der Waals surface area contributed by atoms with Gasteiger partial charge in [-0.15, -0.1) is 0 Å². The predicted octanol–water partition coefficient (Wildman–Crippen LogP) is 4.29. The molecule has 0 spiro atoms. The second-order valence-electron chi connectivity index (χ2n) is 5.00. The van der Waals surface area contributed by atoms with Gasteiger partial charge in [0.05, 0.1) is 5.69 Å². The standard InChI is InChI=1S/C17H17NO2/c1-2-12-17(13-8-4-3-5-9-13)14-10-6-7-11-15(14)18-16(19)20-17/h3-11H,2,12H2,1H3,(H,18,19). The van der Waals surface area contributed by atoms with Crippen LogP contribution < -0.4 is 5.32 Å². The number of cyclic esters (lactones) is 1. The number of nitrogens with one attached hydrogen (secondary N) is 1. The van der Waals surface area contributed by atoms with E-state index in [4.69, 9.17) is 4.74 Å². The number of amides is 1. The summed E-state index contributed by atoms with van der Waals surface area (Å²) in [5, 5.41) is 2.78. The zero-order valence-electron chi connectivity index (χ0n) is 11.4. The van der Waals surface area contributed by atoms with Crippen molar-refractivity contribution in [1.82, 2.24) is 0 Å². The van der Waals surface area contributed by atoms with Gasteiger partial charge in [0, 0.05) is 11.1 Å². The average molecular weight is 267 g/mol. The first kappa shape index (κ1) is 12.7. The van der Waals surface area contributed by atoms with Crippen molar-refractivity contribution >= 4 is 11.8 Å². The fraction of sp³-hybridized carbons (Fsp3) is 0.235. The highest BCUT2D eigenvalue weighted by Crippen LogP contribution is 2.44. The minimum Gasteiger partial charge on any atom is -0.433 e. The number of fused-ring (bicyclic) bond motifs is 1. The van der Waals surface area contributed by atoms with E-state index in [1.807, 2.05) is 54.6 Å². The highest BCUT2D eigenvalue weighted by atomic mass is 16.6. The van der Waals surface area contributed by atoms with Gasteiger partial charge in [-0.05, 0) is 12.5 Å². The lowest BCUT2D eigenvalue weighted by atomic mass is 9.81. The van der Waals surface area contributed by atoms with E-state index in [1.165, 1.54) is 0 Å². The van der Waals surface area contributed by atoms with E-state index in [1.54, 1.807) is 0 Å². The van der Waals surface area contributed by atoms with E-state index < -0.39 is 5.60 Å². The number of ether oxygens (including phenoxy) is 1. The molecule has 0 fully saturated rings. The monoisotopic (exact) mass is 267 g/mol. The van der Waals surface area contributed by atoms with Gasteiger partial charge in [-0.1, -0.05) is 61.9 Å². The summed E-state index contributed by atoms with van der Waals surface area (Å²) in [6.45, 7) is 2.10. The first-order valence-electron chi connectivity index (χ1n) is 6.91. The van der Waals surface area contributed by atoms with Crippen molar-refractivity contribution in [3.8, 4) is 0 Å². The molecule has 102 valence electrons. The van der Waals surface area contributed by atoms with Crippen molar-refractivity contribution in [2.45, 2.75) is 25.4 Å². The van der Waals surface area contributed by atoms with Crippen LogP contribution >= 0.6 is 0 Å². The number of rotatable bonds is 3. The molecule has 0 aromatic heterocycles. The van der Waals surface area contributed by atoms with Gasteiger partial charge in [-0.3, -0.25) is 5.32 Å². The molecule has 0 radical (unpaired) electrons. The Kier molecular flexibility index (Phi) is 3.18. The van der Waals surface area contributed by atoms with E-state index in [9.17, 15) is 4.79 Å². The Balaban J connectivity index is 2.23. The van der Waals surface area contributed by atoms with Crippen molar-refractivity contribution in [2.75, 3.05) is 5.32 Å². The summed E-state index contributed by atoms with van der Waals surface area (Å²) in [4.78, 5) is 12.0. The number of carbonyl (C=O) groups is 1. The van der Waals surface area contributed by atoms with Crippen molar-refractivity contribution in [3.63, 3.8) is 0 Å². The maximum atomic E-state index is 12.0. The minimum absolute atomic E-state index is 0.388. The second-order valence-corrected chi connectivity index (χ2v) is 5.00. The summed E-state index contributed by atoms with van der Waals surface area (Å²) in [6.07, 6.45) is 1.30. The first-order chi connectivity index (χ1) is 9.76. The normalized spacial score (nSPS) is 20.8. The zero-order chi connectivity index (χ0) is 14.0. The molecular weight excluding hydrogens is 250 g/mol. The van der Waals surface area contributed by atoms with E-state index >= 15 is 0 Å². The molecule has 3 rings (SSSR count). The van der Waals surface area contributed by atoms with Gasteiger partial charge < -0.3 is 4.74 Å². The second kappa shape index (κ2) is 5.00. The molecule has 1 aliphatic heterocycles. The molecule has 1 aliphatic rings. The summed E-state index contributed by atoms with van der Waals surface area (Å²) in [7, 11) is 0. The fourth-order valence-electron chi connectivity index (χ4n) is 2.90. The smallest absolute Gasteiger partial charge is 0.412 e. The molecule has 3 heteroatoms. The molecular formula is C17H17NO2. The Bertz CT molecular complexity index is 624. The first-order valence-corrected chi connectivity index (χ1v) is 6.91. The zero-order valence-corrected chi connectivity index (χ0v) is 11.4. The summed E-state index contributed by atoms with van der Waals surface area (Å²) >= 11 is 0. The molecule has 2 aromatic carbocycles. The number of hydrogen-bond donors (Lipinski definition) is 1. The van der Waals surface area contributed by atoms with Crippen LogP contribution in [0.15, 0.2) is 54.6 Å². The van der Waals surface area contributed by atoms with Crippen LogP contribution in [0.4, 0.5) is 10.5 Å². The molecule has 1 unspecified atom stereocenters. The van der Waals surface area contributed by atoms with Gasteiger partial charge in [0.15, 0.2) is 5.60 Å². The van der Waals surface area contributed by atoms with E-state index in [0.717, 1.165) is 29.7 Å². The molecule has 1 heterocycles. The Morgan fingerprint density at radius 3 is 2.50 bits per heavy atom. The number of anilines is 1. The lowest BCUT2D eigenvalue weighted by Gasteiger charge is -2.39. The third-order valence-corrected chi connectivity index (χ3v) is 3.71. The van der Waals surface area contributed by atoms with Gasteiger partial charge in [0.2, 0.25) is 0 Å². The molecule has 2 aromatic rings. The minimum atomic E-state index is -0.686. The Morgan fingerprint density at radius 2 is 1.75 bits per heavy atom. The Labute approximate surface area is 118 Å². The molecule has 1 atom stereocenters. The quantitative estimate of drug-likeness (QED) is 0.900. The van der Waals surface area contributed by atoms with Crippen molar-refractivity contribution in [3.05, 3.63) is 65.7 Å². The Hall–Kier alpha value is -2.29. The SMILES string of the molecule is CCCC1(c2ccccc2)OC(=O)Nc2ccccc21. The molecule has 1 N–H and O–H groups in total. The highest BCUT2D eigenvalue weighted by Gasteiger charge is 2.42. The van der Waals surface area contributed by atoms with Gasteiger partial charge in [0.1, 0.15) is 0 Å². The van der Waals surface area contributed by atoms with E-state index in [2.05, 4.69) is 12.2 Å². The predicted molar refractivity (Wildman–Crippen MR) is 78.7 cm³/mol. The maximum Gasteiger partial charge on any atom is 0.412 e. The van der Waals surface area contributed by atoms with E-state index in [-0.39, 0.29) is 6.09 Å². The number of hydrogen-bond acceptors (Lipinski definition) is 2. The van der Waals surface area contributed by atoms with Crippen molar-refractivity contribution in [2.24, 2.45) is 0 Å². The molecule has 0 bridgehead atoms. The van der Waals surface area contributed by atoms with E-state index in [0.29, 0.717) is 0 Å².